The largest absolute Gasteiger partial charge is 0.325 e. The van der Waals surface area contributed by atoms with Crippen LogP contribution in [-0.4, -0.2) is 16.1 Å². The van der Waals surface area contributed by atoms with Gasteiger partial charge in [0, 0.05) is 22.4 Å². The van der Waals surface area contributed by atoms with E-state index in [0.717, 1.165) is 38.8 Å². The molecule has 1 amide bonds. The maximum absolute atomic E-state index is 12.5. The molecule has 1 N–H and O–H groups in total. The fourth-order valence-electron chi connectivity index (χ4n) is 2.61. The molecule has 0 spiro atoms. The van der Waals surface area contributed by atoms with Crippen molar-refractivity contribution in [2.45, 2.75) is 31.8 Å². The molecule has 0 bridgehead atoms. The lowest BCUT2D eigenvalue weighted by Crippen LogP contribution is -2.23. The molecule has 0 unspecified atom stereocenters. The number of nitrogens with zero attached hydrogens (tertiary/aromatic N) is 1. The number of carbonyl (C=O) groups is 1. The molecule has 0 aliphatic heterocycles. The average molecular weight is 383 g/mol. The summed E-state index contributed by atoms with van der Waals surface area (Å²) in [4.78, 5) is 17.2. The zero-order valence-electron chi connectivity index (χ0n) is 15.2. The Labute approximate surface area is 162 Å². The Hall–Kier alpha value is -2.11. The van der Waals surface area contributed by atoms with Crippen LogP contribution in [0, 0.1) is 13.8 Å². The molecule has 0 fully saturated rings. The summed E-state index contributed by atoms with van der Waals surface area (Å²) >= 11 is 3.25. The van der Waals surface area contributed by atoms with E-state index in [1.807, 2.05) is 57.2 Å². The van der Waals surface area contributed by atoms with Crippen molar-refractivity contribution in [3.63, 3.8) is 0 Å². The minimum atomic E-state index is -0.143. The standard InChI is InChI=1S/C21H22N2OS2/c1-14-8-7-9-15(2)19(14)23-20(24)16(3)25-12-18-13-26-21(22-18)17-10-5-4-6-11-17/h4-11,13,16H,12H2,1-3H3,(H,23,24)/t16-/m1/s1. The SMILES string of the molecule is Cc1cccc(C)c1NC(=O)[C@@H](C)SCc1csc(-c2ccccc2)n1. The number of rotatable bonds is 6. The Morgan fingerprint density at radius 3 is 2.50 bits per heavy atom. The number of thiazole rings is 1. The first-order valence-corrected chi connectivity index (χ1v) is 10.5. The third-order valence-electron chi connectivity index (χ3n) is 4.15. The van der Waals surface area contributed by atoms with Gasteiger partial charge < -0.3 is 5.32 Å². The first-order chi connectivity index (χ1) is 12.5. The van der Waals surface area contributed by atoms with E-state index in [4.69, 9.17) is 0 Å². The number of hydrogen-bond donors (Lipinski definition) is 1. The van der Waals surface area contributed by atoms with Gasteiger partial charge in [0.2, 0.25) is 5.91 Å². The van der Waals surface area contributed by atoms with Gasteiger partial charge in [0.15, 0.2) is 0 Å². The predicted octanol–water partition coefficient (Wildman–Crippen LogP) is 5.69. The van der Waals surface area contributed by atoms with Crippen molar-refractivity contribution >= 4 is 34.7 Å². The number of amides is 1. The first kappa shape index (κ1) is 18.7. The average Bonchev–Trinajstić information content (AvgIpc) is 3.12. The van der Waals surface area contributed by atoms with E-state index < -0.39 is 0 Å². The highest BCUT2D eigenvalue weighted by molar-refractivity contribution is 7.99. The molecule has 0 saturated heterocycles. The van der Waals surface area contributed by atoms with Crippen LogP contribution in [-0.2, 0) is 10.5 Å². The molecule has 2 aromatic carbocycles. The molecule has 5 heteroatoms. The Kier molecular flexibility index (Phi) is 6.12. The van der Waals surface area contributed by atoms with E-state index in [0.29, 0.717) is 0 Å². The highest BCUT2D eigenvalue weighted by atomic mass is 32.2. The van der Waals surface area contributed by atoms with Gasteiger partial charge in [-0.2, -0.15) is 0 Å². The minimum Gasteiger partial charge on any atom is -0.325 e. The summed E-state index contributed by atoms with van der Waals surface area (Å²) in [7, 11) is 0. The summed E-state index contributed by atoms with van der Waals surface area (Å²) < 4.78 is 0. The van der Waals surface area contributed by atoms with Crippen LogP contribution in [0.4, 0.5) is 5.69 Å². The molecule has 3 aromatic rings. The van der Waals surface area contributed by atoms with Crippen LogP contribution in [0.1, 0.15) is 23.7 Å². The van der Waals surface area contributed by atoms with Crippen molar-refractivity contribution in [2.24, 2.45) is 0 Å². The smallest absolute Gasteiger partial charge is 0.237 e. The highest BCUT2D eigenvalue weighted by Gasteiger charge is 2.16. The molecule has 3 rings (SSSR count). The minimum absolute atomic E-state index is 0.0333. The lowest BCUT2D eigenvalue weighted by Gasteiger charge is -2.15. The van der Waals surface area contributed by atoms with Crippen LogP contribution in [0.2, 0.25) is 0 Å². The van der Waals surface area contributed by atoms with Crippen LogP contribution in [0.5, 0.6) is 0 Å². The fraction of sp³-hybridized carbons (Fsp3) is 0.238. The summed E-state index contributed by atoms with van der Waals surface area (Å²) in [5.74, 6) is 0.760. The molecule has 0 radical (unpaired) electrons. The van der Waals surface area contributed by atoms with Gasteiger partial charge >= 0.3 is 0 Å². The van der Waals surface area contributed by atoms with E-state index in [-0.39, 0.29) is 11.2 Å². The molecule has 134 valence electrons. The zero-order valence-corrected chi connectivity index (χ0v) is 16.8. The third kappa shape index (κ3) is 4.54. The molecule has 0 aliphatic carbocycles. The van der Waals surface area contributed by atoms with Crippen molar-refractivity contribution in [1.29, 1.82) is 0 Å². The first-order valence-electron chi connectivity index (χ1n) is 8.53. The van der Waals surface area contributed by atoms with Gasteiger partial charge in [-0.05, 0) is 31.9 Å². The van der Waals surface area contributed by atoms with Crippen molar-refractivity contribution in [1.82, 2.24) is 4.98 Å². The summed E-state index contributed by atoms with van der Waals surface area (Å²) in [5, 5.41) is 6.02. The van der Waals surface area contributed by atoms with Crippen LogP contribution >= 0.6 is 23.1 Å². The fourth-order valence-corrected chi connectivity index (χ4v) is 4.32. The molecule has 1 heterocycles. The Morgan fingerprint density at radius 1 is 1.12 bits per heavy atom. The quantitative estimate of drug-likeness (QED) is 0.596. The van der Waals surface area contributed by atoms with Gasteiger partial charge in [0.25, 0.3) is 0 Å². The number of hydrogen-bond acceptors (Lipinski definition) is 4. The van der Waals surface area contributed by atoms with Crippen molar-refractivity contribution in [2.75, 3.05) is 5.32 Å². The summed E-state index contributed by atoms with van der Waals surface area (Å²) in [6, 6.07) is 16.2. The second-order valence-electron chi connectivity index (χ2n) is 6.22. The Morgan fingerprint density at radius 2 is 1.81 bits per heavy atom. The summed E-state index contributed by atoms with van der Waals surface area (Å²) in [6.45, 7) is 5.97. The Bertz CT molecular complexity index is 870. The molecule has 26 heavy (non-hydrogen) atoms. The van der Waals surface area contributed by atoms with Crippen molar-refractivity contribution in [3.8, 4) is 10.6 Å². The van der Waals surface area contributed by atoms with Gasteiger partial charge in [-0.25, -0.2) is 4.98 Å². The predicted molar refractivity (Wildman–Crippen MR) is 113 cm³/mol. The molecule has 0 aliphatic rings. The van der Waals surface area contributed by atoms with Gasteiger partial charge in [0.1, 0.15) is 5.01 Å². The van der Waals surface area contributed by atoms with Gasteiger partial charge in [-0.3, -0.25) is 4.79 Å². The number of benzene rings is 2. The molecule has 0 saturated carbocycles. The second-order valence-corrected chi connectivity index (χ2v) is 8.41. The van der Waals surface area contributed by atoms with Gasteiger partial charge in [-0.1, -0.05) is 48.5 Å². The molecule has 1 atom stereocenters. The summed E-state index contributed by atoms with van der Waals surface area (Å²) in [5.41, 5.74) is 5.25. The lowest BCUT2D eigenvalue weighted by atomic mass is 10.1. The maximum Gasteiger partial charge on any atom is 0.237 e. The number of aromatic nitrogens is 1. The normalized spacial score (nSPS) is 12.0. The zero-order chi connectivity index (χ0) is 18.5. The van der Waals surface area contributed by atoms with Crippen LogP contribution < -0.4 is 5.32 Å². The van der Waals surface area contributed by atoms with E-state index >= 15 is 0 Å². The van der Waals surface area contributed by atoms with Crippen molar-refractivity contribution < 1.29 is 4.79 Å². The van der Waals surface area contributed by atoms with Crippen LogP contribution in [0.15, 0.2) is 53.9 Å². The number of carbonyl (C=O) groups excluding carboxylic acids is 1. The number of anilines is 1. The van der Waals surface area contributed by atoms with Crippen LogP contribution in [0.3, 0.4) is 0 Å². The number of aryl methyl sites for hydroxylation is 2. The molecular weight excluding hydrogens is 360 g/mol. The van der Waals surface area contributed by atoms with E-state index in [2.05, 4.69) is 27.8 Å². The number of thioether (sulfide) groups is 1. The summed E-state index contributed by atoms with van der Waals surface area (Å²) in [6.07, 6.45) is 0. The molecular formula is C21H22N2OS2. The molecule has 3 nitrogen and oxygen atoms in total. The second kappa shape index (κ2) is 8.52. The number of para-hydroxylation sites is 1. The lowest BCUT2D eigenvalue weighted by molar-refractivity contribution is -0.115. The van der Waals surface area contributed by atoms with E-state index in [1.165, 1.54) is 0 Å². The monoisotopic (exact) mass is 382 g/mol. The van der Waals surface area contributed by atoms with E-state index in [1.54, 1.807) is 23.1 Å². The van der Waals surface area contributed by atoms with Gasteiger partial charge in [-0.15, -0.1) is 23.1 Å². The van der Waals surface area contributed by atoms with E-state index in [9.17, 15) is 4.79 Å². The maximum atomic E-state index is 12.5. The third-order valence-corrected chi connectivity index (χ3v) is 6.27. The van der Waals surface area contributed by atoms with Gasteiger partial charge in [0.05, 0.1) is 10.9 Å². The highest BCUT2D eigenvalue weighted by Crippen LogP contribution is 2.27. The van der Waals surface area contributed by atoms with Crippen molar-refractivity contribution in [3.05, 3.63) is 70.7 Å². The van der Waals surface area contributed by atoms with Crippen LogP contribution in [0.25, 0.3) is 10.6 Å². The Balaban J connectivity index is 1.58. The number of nitrogens with one attached hydrogen (secondary N) is 1. The molecule has 1 aromatic heterocycles. The topological polar surface area (TPSA) is 42.0 Å².